The molecular weight excluding hydrogens is 172 g/mol. The van der Waals surface area contributed by atoms with E-state index in [1.54, 1.807) is 0 Å². The number of allylic oxidation sites excluding steroid dienone is 2. The highest BCUT2D eigenvalue weighted by atomic mass is 16.5. The molecule has 1 heteroatoms. The Kier molecular flexibility index (Phi) is 12.4. The van der Waals surface area contributed by atoms with Crippen LogP contribution in [0.4, 0.5) is 0 Å². The van der Waals surface area contributed by atoms with Gasteiger partial charge in [0.05, 0.1) is 0 Å². The van der Waals surface area contributed by atoms with Crippen molar-refractivity contribution in [2.75, 3.05) is 13.2 Å². The summed E-state index contributed by atoms with van der Waals surface area (Å²) < 4.78 is 5.28. The van der Waals surface area contributed by atoms with Gasteiger partial charge in [-0.2, -0.15) is 0 Å². The smallest absolute Gasteiger partial charge is 0.0465 e. The van der Waals surface area contributed by atoms with Crippen LogP contribution in [-0.4, -0.2) is 13.2 Å². The highest BCUT2D eigenvalue weighted by Gasteiger charge is 1.89. The SMILES string of the molecule is CC/C=C\CCCCCCCOCC. The topological polar surface area (TPSA) is 9.23 Å². The first-order chi connectivity index (χ1) is 6.91. The van der Waals surface area contributed by atoms with E-state index < -0.39 is 0 Å². The third kappa shape index (κ3) is 11.7. The normalized spacial score (nSPS) is 11.3. The Hall–Kier alpha value is -0.300. The fourth-order valence-electron chi connectivity index (χ4n) is 1.43. The molecule has 0 aromatic heterocycles. The standard InChI is InChI=1S/C13H26O/c1-3-5-6-7-8-9-10-11-12-13-14-4-2/h5-6H,3-4,7-13H2,1-2H3/b6-5-. The van der Waals surface area contributed by atoms with E-state index in [4.69, 9.17) is 4.74 Å². The lowest BCUT2D eigenvalue weighted by Crippen LogP contribution is -1.92. The van der Waals surface area contributed by atoms with E-state index in [9.17, 15) is 0 Å². The van der Waals surface area contributed by atoms with E-state index in [0.717, 1.165) is 13.2 Å². The molecule has 0 saturated heterocycles. The molecule has 0 aliphatic heterocycles. The molecule has 0 atom stereocenters. The molecule has 84 valence electrons. The molecule has 0 aromatic carbocycles. The first-order valence-corrected chi connectivity index (χ1v) is 6.14. The van der Waals surface area contributed by atoms with E-state index in [1.807, 2.05) is 0 Å². The molecule has 0 aliphatic rings. The lowest BCUT2D eigenvalue weighted by molar-refractivity contribution is 0.143. The van der Waals surface area contributed by atoms with Gasteiger partial charge < -0.3 is 4.74 Å². The maximum atomic E-state index is 5.28. The van der Waals surface area contributed by atoms with Crippen LogP contribution in [-0.2, 0) is 4.74 Å². The van der Waals surface area contributed by atoms with E-state index >= 15 is 0 Å². The second-order valence-corrected chi connectivity index (χ2v) is 3.63. The van der Waals surface area contributed by atoms with Gasteiger partial charge >= 0.3 is 0 Å². The molecule has 0 heterocycles. The number of hydrogen-bond acceptors (Lipinski definition) is 1. The number of ether oxygens (including phenoxy) is 1. The molecule has 0 radical (unpaired) electrons. The molecule has 14 heavy (non-hydrogen) atoms. The molecule has 0 N–H and O–H groups in total. The van der Waals surface area contributed by atoms with Crippen molar-refractivity contribution in [2.45, 2.75) is 58.8 Å². The molecule has 0 rings (SSSR count). The molecule has 0 amide bonds. The summed E-state index contributed by atoms with van der Waals surface area (Å²) in [7, 11) is 0. The predicted octanol–water partition coefficient (Wildman–Crippen LogP) is 4.33. The summed E-state index contributed by atoms with van der Waals surface area (Å²) in [5, 5.41) is 0. The van der Waals surface area contributed by atoms with Crippen LogP contribution in [0.1, 0.15) is 58.8 Å². The summed E-state index contributed by atoms with van der Waals surface area (Å²) >= 11 is 0. The Morgan fingerprint density at radius 2 is 1.57 bits per heavy atom. The third-order valence-electron chi connectivity index (χ3n) is 2.27. The molecule has 0 aliphatic carbocycles. The summed E-state index contributed by atoms with van der Waals surface area (Å²) in [6, 6.07) is 0. The second-order valence-electron chi connectivity index (χ2n) is 3.63. The van der Waals surface area contributed by atoms with Crippen molar-refractivity contribution in [1.82, 2.24) is 0 Å². The van der Waals surface area contributed by atoms with E-state index in [2.05, 4.69) is 26.0 Å². The Morgan fingerprint density at radius 1 is 0.857 bits per heavy atom. The number of rotatable bonds is 10. The minimum atomic E-state index is 0.863. The minimum Gasteiger partial charge on any atom is -0.382 e. The zero-order chi connectivity index (χ0) is 10.5. The average Bonchev–Trinajstić information content (AvgIpc) is 2.21. The van der Waals surface area contributed by atoms with E-state index in [-0.39, 0.29) is 0 Å². The second kappa shape index (κ2) is 12.7. The van der Waals surface area contributed by atoms with Gasteiger partial charge in [-0.3, -0.25) is 0 Å². The molecule has 0 bridgehead atoms. The average molecular weight is 198 g/mol. The fraction of sp³-hybridized carbons (Fsp3) is 0.846. The maximum absolute atomic E-state index is 5.28. The van der Waals surface area contributed by atoms with Gasteiger partial charge in [-0.15, -0.1) is 0 Å². The third-order valence-corrected chi connectivity index (χ3v) is 2.27. The molecule has 0 fully saturated rings. The van der Waals surface area contributed by atoms with Crippen molar-refractivity contribution >= 4 is 0 Å². The summed E-state index contributed by atoms with van der Waals surface area (Å²) in [4.78, 5) is 0. The Morgan fingerprint density at radius 3 is 2.29 bits per heavy atom. The van der Waals surface area contributed by atoms with Crippen LogP contribution < -0.4 is 0 Å². The minimum absolute atomic E-state index is 0.863. The van der Waals surface area contributed by atoms with Crippen LogP contribution in [0.15, 0.2) is 12.2 Å². The Labute approximate surface area is 89.5 Å². The summed E-state index contributed by atoms with van der Waals surface area (Å²) in [5.74, 6) is 0. The van der Waals surface area contributed by atoms with Crippen LogP contribution in [0.3, 0.4) is 0 Å². The molecule has 0 aromatic rings. The maximum Gasteiger partial charge on any atom is 0.0465 e. The van der Waals surface area contributed by atoms with Crippen LogP contribution in [0.25, 0.3) is 0 Å². The summed E-state index contributed by atoms with van der Waals surface area (Å²) in [6.07, 6.45) is 13.7. The van der Waals surface area contributed by atoms with Crippen molar-refractivity contribution in [3.05, 3.63) is 12.2 Å². The lowest BCUT2D eigenvalue weighted by atomic mass is 10.1. The van der Waals surface area contributed by atoms with Gasteiger partial charge in [0.2, 0.25) is 0 Å². The van der Waals surface area contributed by atoms with Crippen molar-refractivity contribution < 1.29 is 4.74 Å². The van der Waals surface area contributed by atoms with Crippen molar-refractivity contribution in [1.29, 1.82) is 0 Å². The first-order valence-electron chi connectivity index (χ1n) is 6.14. The van der Waals surface area contributed by atoms with Crippen LogP contribution in [0.2, 0.25) is 0 Å². The highest BCUT2D eigenvalue weighted by Crippen LogP contribution is 2.06. The van der Waals surface area contributed by atoms with Gasteiger partial charge in [0.15, 0.2) is 0 Å². The van der Waals surface area contributed by atoms with Crippen molar-refractivity contribution in [3.8, 4) is 0 Å². The fourth-order valence-corrected chi connectivity index (χ4v) is 1.43. The number of unbranched alkanes of at least 4 members (excludes halogenated alkanes) is 5. The van der Waals surface area contributed by atoms with Gasteiger partial charge in [-0.1, -0.05) is 38.3 Å². The molecule has 0 spiro atoms. The summed E-state index contributed by atoms with van der Waals surface area (Å²) in [5.41, 5.74) is 0. The lowest BCUT2D eigenvalue weighted by Gasteiger charge is -2.00. The molecule has 1 nitrogen and oxygen atoms in total. The quantitative estimate of drug-likeness (QED) is 0.375. The number of hydrogen-bond donors (Lipinski definition) is 0. The molecule has 0 saturated carbocycles. The zero-order valence-electron chi connectivity index (χ0n) is 9.93. The monoisotopic (exact) mass is 198 g/mol. The van der Waals surface area contributed by atoms with Gasteiger partial charge in [-0.25, -0.2) is 0 Å². The molecular formula is C13H26O. The first kappa shape index (κ1) is 13.7. The van der Waals surface area contributed by atoms with Gasteiger partial charge in [0.25, 0.3) is 0 Å². The van der Waals surface area contributed by atoms with E-state index in [0.29, 0.717) is 0 Å². The predicted molar refractivity (Wildman–Crippen MR) is 63.6 cm³/mol. The Bertz CT molecular complexity index is 118. The van der Waals surface area contributed by atoms with E-state index in [1.165, 1.54) is 44.9 Å². The van der Waals surface area contributed by atoms with Crippen LogP contribution in [0, 0.1) is 0 Å². The van der Waals surface area contributed by atoms with Gasteiger partial charge in [-0.05, 0) is 32.6 Å². The largest absolute Gasteiger partial charge is 0.382 e. The zero-order valence-corrected chi connectivity index (χ0v) is 9.93. The van der Waals surface area contributed by atoms with Crippen LogP contribution >= 0.6 is 0 Å². The van der Waals surface area contributed by atoms with Crippen molar-refractivity contribution in [2.24, 2.45) is 0 Å². The highest BCUT2D eigenvalue weighted by molar-refractivity contribution is 4.79. The van der Waals surface area contributed by atoms with Gasteiger partial charge in [0.1, 0.15) is 0 Å². The summed E-state index contributed by atoms with van der Waals surface area (Å²) in [6.45, 7) is 6.05. The Balaban J connectivity index is 2.88. The van der Waals surface area contributed by atoms with Crippen LogP contribution in [0.5, 0.6) is 0 Å². The molecule has 0 unspecified atom stereocenters. The van der Waals surface area contributed by atoms with Crippen molar-refractivity contribution in [3.63, 3.8) is 0 Å². The van der Waals surface area contributed by atoms with Gasteiger partial charge in [0, 0.05) is 13.2 Å².